The zero-order valence-corrected chi connectivity index (χ0v) is 55.7. The molecule has 15 aromatic rings. The largest absolute Gasteiger partial charge is 0.254 e. The second-order valence-electron chi connectivity index (χ2n) is 29.5. The van der Waals surface area contributed by atoms with Gasteiger partial charge >= 0.3 is 0 Å². The van der Waals surface area contributed by atoms with Gasteiger partial charge in [0.1, 0.15) is 0 Å². The van der Waals surface area contributed by atoms with Crippen LogP contribution < -0.4 is 0 Å². The van der Waals surface area contributed by atoms with E-state index in [4.69, 9.17) is 4.98 Å². The molecule has 0 unspecified atom stereocenters. The summed E-state index contributed by atoms with van der Waals surface area (Å²) in [5.74, 6) is 0. The fourth-order valence-corrected chi connectivity index (χ4v) is 12.5. The summed E-state index contributed by atoms with van der Waals surface area (Å²) in [6, 6.07) is 91.7. The second-order valence-corrected chi connectivity index (χ2v) is 29.5. The fraction of sp³-hybridized carbons (Fsp3) is 0.227. The average molecular weight is 1170 g/mol. The number of fused-ring (bicyclic) bond motifs is 15. The molecule has 450 valence electrons. The van der Waals surface area contributed by atoms with E-state index in [2.05, 4.69) is 358 Å². The minimum absolute atomic E-state index is 0.0606. The molecule has 0 saturated carbocycles. The lowest BCUT2D eigenvalue weighted by Crippen LogP contribution is -2.13. The van der Waals surface area contributed by atoms with Crippen molar-refractivity contribution in [1.29, 1.82) is 0 Å². The Morgan fingerprint density at radius 1 is 0.222 bits per heavy atom. The van der Waals surface area contributed by atoms with Gasteiger partial charge in [-0.2, -0.15) is 0 Å². The SMILES string of the molecule is CC(C)(C)c1ccc2c(ccc3ccccc32)c1.CC(C)(C)c1ccc2ccc3ccccc3c2c1.CC(C)(C)c1ccc2ccc3cccnc3c2n1.CC(C)(C)c1cccc2c1ccc1ccccc12.CC(C)(C)c1cccc2ccc3ccccc3c12. The van der Waals surface area contributed by atoms with Gasteiger partial charge in [0.2, 0.25) is 0 Å². The maximum atomic E-state index is 4.81. The average Bonchev–Trinajstić information content (AvgIpc) is 0.878. The zero-order valence-electron chi connectivity index (χ0n) is 55.7. The summed E-state index contributed by atoms with van der Waals surface area (Å²) in [5.41, 5.74) is 9.55. The minimum atomic E-state index is 0.0606. The first-order valence-corrected chi connectivity index (χ1v) is 32.1. The predicted octanol–water partition coefficient (Wildman–Crippen LogP) is 25.2. The molecule has 0 fully saturated rings. The van der Waals surface area contributed by atoms with E-state index >= 15 is 0 Å². The van der Waals surface area contributed by atoms with E-state index in [1.54, 1.807) is 0 Å². The van der Waals surface area contributed by atoms with Crippen molar-refractivity contribution in [2.75, 3.05) is 0 Å². The molecule has 15 rings (SSSR count). The standard InChI is InChI=1S/4C18H18.C16H16N2/c1-18(2,3)16-10-6-8-14-12-11-13-7-4-5-9-15(13)17(14)16;1-18(2,3)17-10-6-9-15-14-8-5-4-7-13(14)11-12-16(15)17;1-18(2,3)15-10-11-17-14(12-15)9-8-13-6-4-5-7-16(13)17;1-18(2,3)15-11-10-14-9-8-13-6-4-5-7-16(13)17(14)12-15;1-16(2,3)13-9-8-12-7-6-11-5-4-10-17-14(11)15(12)18-13/h4*4-12H,1-3H3;4-10H,1-3H3. The highest BCUT2D eigenvalue weighted by molar-refractivity contribution is 6.11. The van der Waals surface area contributed by atoms with Gasteiger partial charge in [-0.25, -0.2) is 4.98 Å². The third kappa shape index (κ3) is 13.5. The van der Waals surface area contributed by atoms with Crippen molar-refractivity contribution in [2.24, 2.45) is 0 Å². The molecule has 2 heterocycles. The molecular weight excluding hydrogens is 1080 g/mol. The van der Waals surface area contributed by atoms with Gasteiger partial charge in [0.15, 0.2) is 0 Å². The van der Waals surface area contributed by atoms with Crippen molar-refractivity contribution in [2.45, 2.75) is 131 Å². The van der Waals surface area contributed by atoms with E-state index in [0.717, 1.165) is 27.5 Å². The summed E-state index contributed by atoms with van der Waals surface area (Å²) in [6.45, 7) is 33.8. The first-order chi connectivity index (χ1) is 42.8. The number of aromatic nitrogens is 2. The molecule has 0 atom stereocenters. The lowest BCUT2D eigenvalue weighted by Gasteiger charge is -2.22. The molecule has 0 bridgehead atoms. The van der Waals surface area contributed by atoms with Crippen molar-refractivity contribution in [3.63, 3.8) is 0 Å². The van der Waals surface area contributed by atoms with Crippen LogP contribution in [0.25, 0.3) is 108 Å². The van der Waals surface area contributed by atoms with Crippen LogP contribution in [0.2, 0.25) is 0 Å². The van der Waals surface area contributed by atoms with Gasteiger partial charge in [-0.1, -0.05) is 347 Å². The van der Waals surface area contributed by atoms with Crippen molar-refractivity contribution in [3.8, 4) is 0 Å². The van der Waals surface area contributed by atoms with Crippen LogP contribution in [-0.4, -0.2) is 9.97 Å². The van der Waals surface area contributed by atoms with E-state index in [1.807, 2.05) is 12.3 Å². The number of pyridine rings is 2. The molecular formula is C88H88N2. The number of hydrogen-bond donors (Lipinski definition) is 0. The van der Waals surface area contributed by atoms with E-state index in [1.165, 1.54) is 108 Å². The van der Waals surface area contributed by atoms with Gasteiger partial charge in [0, 0.05) is 28.1 Å². The molecule has 13 aromatic carbocycles. The van der Waals surface area contributed by atoms with E-state index in [9.17, 15) is 0 Å². The molecule has 90 heavy (non-hydrogen) atoms. The van der Waals surface area contributed by atoms with Gasteiger partial charge in [0.05, 0.1) is 11.0 Å². The van der Waals surface area contributed by atoms with E-state index < -0.39 is 0 Å². The van der Waals surface area contributed by atoms with E-state index in [0.29, 0.717) is 0 Å². The molecule has 0 N–H and O–H groups in total. The number of rotatable bonds is 0. The van der Waals surface area contributed by atoms with Gasteiger partial charge in [-0.05, 0) is 142 Å². The summed E-state index contributed by atoms with van der Waals surface area (Å²) in [5, 5.41) is 23.8. The third-order valence-corrected chi connectivity index (χ3v) is 17.6. The number of nitrogens with zero attached hydrogens (tertiary/aromatic N) is 2. The van der Waals surface area contributed by atoms with Gasteiger partial charge < -0.3 is 0 Å². The van der Waals surface area contributed by atoms with Crippen molar-refractivity contribution in [3.05, 3.63) is 289 Å². The molecule has 0 aliphatic carbocycles. The molecule has 0 aliphatic heterocycles. The Balaban J connectivity index is 0.000000116. The summed E-state index contributed by atoms with van der Waals surface area (Å²) in [7, 11) is 0. The smallest absolute Gasteiger partial charge is 0.0968 e. The summed E-state index contributed by atoms with van der Waals surface area (Å²) < 4.78 is 0. The maximum absolute atomic E-state index is 4.81. The topological polar surface area (TPSA) is 25.8 Å². The highest BCUT2D eigenvalue weighted by atomic mass is 14.8. The fourth-order valence-electron chi connectivity index (χ4n) is 12.5. The molecule has 2 nitrogen and oxygen atoms in total. The first-order valence-electron chi connectivity index (χ1n) is 32.1. The molecule has 0 radical (unpaired) electrons. The van der Waals surface area contributed by atoms with Crippen LogP contribution in [0, 0.1) is 0 Å². The molecule has 2 heteroatoms. The van der Waals surface area contributed by atoms with Crippen molar-refractivity contribution in [1.82, 2.24) is 9.97 Å². The Morgan fingerprint density at radius 2 is 0.600 bits per heavy atom. The van der Waals surface area contributed by atoms with Crippen LogP contribution in [0.3, 0.4) is 0 Å². The Bertz CT molecular complexity index is 4880. The lowest BCUT2D eigenvalue weighted by molar-refractivity contribution is 0.571. The van der Waals surface area contributed by atoms with Crippen LogP contribution in [0.15, 0.2) is 261 Å². The van der Waals surface area contributed by atoms with E-state index in [-0.39, 0.29) is 27.1 Å². The third-order valence-electron chi connectivity index (χ3n) is 17.6. The Hall–Kier alpha value is -9.24. The highest BCUT2D eigenvalue weighted by Crippen LogP contribution is 2.38. The summed E-state index contributed by atoms with van der Waals surface area (Å²) >= 11 is 0. The zero-order chi connectivity index (χ0) is 63.8. The van der Waals surface area contributed by atoms with Crippen molar-refractivity contribution >= 4 is 108 Å². The summed E-state index contributed by atoms with van der Waals surface area (Å²) in [4.78, 5) is 9.28. The van der Waals surface area contributed by atoms with Crippen LogP contribution >= 0.6 is 0 Å². The second kappa shape index (κ2) is 25.0. The van der Waals surface area contributed by atoms with Gasteiger partial charge in [0.25, 0.3) is 0 Å². The normalized spacial score (nSPS) is 12.2. The first kappa shape index (κ1) is 62.4. The number of benzene rings is 13. The van der Waals surface area contributed by atoms with Crippen molar-refractivity contribution < 1.29 is 0 Å². The molecule has 0 saturated heterocycles. The lowest BCUT2D eigenvalue weighted by atomic mass is 9.82. The van der Waals surface area contributed by atoms with Crippen LogP contribution in [0.5, 0.6) is 0 Å². The van der Waals surface area contributed by atoms with Crippen LogP contribution in [0.1, 0.15) is 132 Å². The predicted molar refractivity (Wildman–Crippen MR) is 396 cm³/mol. The van der Waals surface area contributed by atoms with Gasteiger partial charge in [-0.3, -0.25) is 4.98 Å². The Morgan fingerprint density at radius 3 is 1.19 bits per heavy atom. The maximum Gasteiger partial charge on any atom is 0.0968 e. The summed E-state index contributed by atoms with van der Waals surface area (Å²) in [6.07, 6.45) is 1.83. The molecule has 2 aromatic heterocycles. The Labute approximate surface area is 534 Å². The Kier molecular flexibility index (Phi) is 17.3. The number of hydrogen-bond acceptors (Lipinski definition) is 2. The van der Waals surface area contributed by atoms with Crippen LogP contribution in [-0.2, 0) is 27.1 Å². The molecule has 0 amide bonds. The quantitative estimate of drug-likeness (QED) is 0.141. The monoisotopic (exact) mass is 1170 g/mol. The van der Waals surface area contributed by atoms with Crippen LogP contribution in [0.4, 0.5) is 0 Å². The molecule has 0 aliphatic rings. The molecule has 0 spiro atoms. The van der Waals surface area contributed by atoms with Gasteiger partial charge in [-0.15, -0.1) is 0 Å². The minimum Gasteiger partial charge on any atom is -0.254 e. The highest BCUT2D eigenvalue weighted by Gasteiger charge is 2.21.